The Morgan fingerprint density at radius 1 is 0.253 bits per heavy atom. The first kappa shape index (κ1) is 70.4. The molecule has 0 aliphatic heterocycles. The Balaban J connectivity index is 0.000000461. The number of benzene rings is 5. The molecule has 5 N–H and O–H groups in total. The van der Waals surface area contributed by atoms with Gasteiger partial charge in [-0.25, -0.2) is 0 Å². The van der Waals surface area contributed by atoms with Gasteiger partial charge in [0.05, 0.1) is 28.5 Å². The number of phenolic OH excluding ortho intramolecular Hbond substituents is 5. The molecule has 5 aromatic carbocycles. The molecule has 0 spiro atoms. The first-order valence-corrected chi connectivity index (χ1v) is 22.5. The maximum absolute atomic E-state index is 9.61. The second-order valence-electron chi connectivity index (χ2n) is 15.9. The second kappa shape index (κ2) is 37.3. The van der Waals surface area contributed by atoms with Gasteiger partial charge in [-0.1, -0.05) is 91.0 Å². The number of phenols is 5. The van der Waals surface area contributed by atoms with E-state index in [1.54, 1.807) is 60.7 Å². The van der Waals surface area contributed by atoms with Crippen LogP contribution in [0.25, 0.3) is 56.3 Å². The Bertz CT molecular complexity index is 2800. The SMILES string of the molecule is Cc1cccc(-c2ccccc2O)n1.Cc1cccc(-c2ccccc2O)n1.Cc1cccc(-c2ccccc2O)n1.Cc1cccc(-c2ccccc2O)n1.Cc1cccc(-c2ccccc2O)n1.[Eu].[Gd].[La].[Nd].[Y]. The third kappa shape index (κ3) is 23.0. The molecular formula is C60H55EuGdLaN5NdO5Y. The van der Waals surface area contributed by atoms with E-state index in [1.165, 1.54) is 0 Å². The number of rotatable bonds is 5. The number of aryl methyl sites for hydroxylation is 5. The minimum atomic E-state index is 0. The molecule has 0 amide bonds. The Labute approximate surface area is 599 Å². The molecule has 375 valence electrons. The van der Waals surface area contributed by atoms with Gasteiger partial charge in [0.2, 0.25) is 0 Å². The molecule has 0 aliphatic carbocycles. The molecule has 0 atom stereocenters. The fraction of sp³-hybridized carbons (Fsp3) is 0.0833. The quantitative estimate of drug-likeness (QED) is 0.112. The fourth-order valence-electron chi connectivity index (χ4n) is 6.92. The number of hydrogen-bond acceptors (Lipinski definition) is 10. The molecule has 0 aliphatic rings. The smallest absolute Gasteiger partial charge is 0.124 e. The van der Waals surface area contributed by atoms with Crippen molar-refractivity contribution in [2.24, 2.45) is 0 Å². The zero-order valence-electron chi connectivity index (χ0n) is 42.1. The van der Waals surface area contributed by atoms with E-state index >= 15 is 0 Å². The molecule has 10 nitrogen and oxygen atoms in total. The summed E-state index contributed by atoms with van der Waals surface area (Å²) >= 11 is 0. The van der Waals surface area contributed by atoms with Crippen LogP contribution in [0, 0.1) is 200 Å². The second-order valence-corrected chi connectivity index (χ2v) is 15.9. The normalized spacial score (nSPS) is 9.40. The number of aromatic nitrogens is 5. The molecule has 0 fully saturated rings. The number of pyridine rings is 5. The van der Waals surface area contributed by atoms with E-state index < -0.39 is 0 Å². The first-order valence-electron chi connectivity index (χ1n) is 22.5. The molecule has 0 bridgehead atoms. The Morgan fingerprint density at radius 2 is 0.400 bits per heavy atom. The fourth-order valence-corrected chi connectivity index (χ4v) is 6.92. The maximum atomic E-state index is 9.61. The summed E-state index contributed by atoms with van der Waals surface area (Å²) < 4.78 is 0. The molecule has 0 saturated carbocycles. The van der Waals surface area contributed by atoms with Crippen LogP contribution < -0.4 is 0 Å². The summed E-state index contributed by atoms with van der Waals surface area (Å²) in [6, 6.07) is 64.9. The summed E-state index contributed by atoms with van der Waals surface area (Å²) in [5.74, 6) is 1.35. The van der Waals surface area contributed by atoms with Crippen LogP contribution in [-0.2, 0) is 32.7 Å². The Kier molecular flexibility index (Phi) is 35.0. The summed E-state index contributed by atoms with van der Waals surface area (Å²) in [4.78, 5) is 21.7. The van der Waals surface area contributed by atoms with Gasteiger partial charge in [-0.2, -0.15) is 0 Å². The minimum Gasteiger partial charge on any atom is -0.507 e. The predicted molar refractivity (Wildman–Crippen MR) is 280 cm³/mol. The molecule has 0 unspecified atom stereocenters. The Morgan fingerprint density at radius 3 is 0.533 bits per heavy atom. The summed E-state index contributed by atoms with van der Waals surface area (Å²) in [6.07, 6.45) is 0. The van der Waals surface area contributed by atoms with Crippen LogP contribution in [0.3, 0.4) is 0 Å². The average molecular weight is 1610 g/mol. The van der Waals surface area contributed by atoms with Gasteiger partial charge in [0.1, 0.15) is 28.7 Å². The van der Waals surface area contributed by atoms with Gasteiger partial charge < -0.3 is 25.5 Å². The van der Waals surface area contributed by atoms with Gasteiger partial charge in [-0.3, -0.25) is 24.9 Å². The summed E-state index contributed by atoms with van der Waals surface area (Å²) in [7, 11) is 0. The van der Waals surface area contributed by atoms with Crippen molar-refractivity contribution in [1.29, 1.82) is 0 Å². The molecule has 10 aromatic rings. The van der Waals surface area contributed by atoms with Crippen LogP contribution in [0.2, 0.25) is 0 Å². The van der Waals surface area contributed by atoms with Crippen LogP contribution in [0.15, 0.2) is 212 Å². The summed E-state index contributed by atoms with van der Waals surface area (Å²) in [6.45, 7) is 9.67. The largest absolute Gasteiger partial charge is 0.507 e. The van der Waals surface area contributed by atoms with E-state index in [0.717, 1.165) is 84.8 Å². The van der Waals surface area contributed by atoms with E-state index in [2.05, 4.69) is 24.9 Å². The predicted octanol–water partition coefficient (Wildman–Crippen LogP) is 13.8. The van der Waals surface area contributed by atoms with E-state index in [-0.39, 0.29) is 227 Å². The number of para-hydroxylation sites is 5. The molecule has 5 aromatic heterocycles. The monoisotopic (exact) mass is 1610 g/mol. The number of aromatic hydroxyl groups is 5. The van der Waals surface area contributed by atoms with Gasteiger partial charge in [0, 0.05) is 255 Å². The van der Waals surface area contributed by atoms with Crippen molar-refractivity contribution in [3.63, 3.8) is 0 Å². The van der Waals surface area contributed by atoms with Crippen LogP contribution in [0.4, 0.5) is 0 Å². The van der Waals surface area contributed by atoms with E-state index in [1.807, 2.05) is 186 Å². The maximum Gasteiger partial charge on any atom is 0.124 e. The zero-order valence-corrected chi connectivity index (χ0v) is 56.4. The zero-order chi connectivity index (χ0) is 49.8. The van der Waals surface area contributed by atoms with Crippen LogP contribution in [0.5, 0.6) is 28.7 Å². The van der Waals surface area contributed by atoms with Gasteiger partial charge in [0.15, 0.2) is 0 Å². The van der Waals surface area contributed by atoms with E-state index in [9.17, 15) is 25.5 Å². The van der Waals surface area contributed by atoms with Crippen molar-refractivity contribution in [3.8, 4) is 85.0 Å². The van der Waals surface area contributed by atoms with Crippen molar-refractivity contribution in [2.45, 2.75) is 34.6 Å². The average Bonchev–Trinajstić information content (AvgIpc) is 3.36. The van der Waals surface area contributed by atoms with Crippen molar-refractivity contribution in [1.82, 2.24) is 24.9 Å². The van der Waals surface area contributed by atoms with Gasteiger partial charge in [-0.05, 0) is 156 Å². The van der Waals surface area contributed by atoms with Crippen molar-refractivity contribution < 1.29 is 224 Å². The number of nitrogens with zero attached hydrogens (tertiary/aromatic N) is 5. The van der Waals surface area contributed by atoms with E-state index in [4.69, 9.17) is 0 Å². The Hall–Kier alpha value is -2.59. The standard InChI is InChI=1S/5C12H11NO.Eu.Gd.La.Nd.Y/c5*1-9-5-4-7-11(13-9)10-6-2-3-8-12(10)14;;;;;/h5*2-8,14H,1H3;;;;;. The van der Waals surface area contributed by atoms with Crippen molar-refractivity contribution in [3.05, 3.63) is 241 Å². The molecule has 75 heavy (non-hydrogen) atoms. The van der Waals surface area contributed by atoms with Crippen LogP contribution in [0.1, 0.15) is 28.5 Å². The topological polar surface area (TPSA) is 166 Å². The number of hydrogen-bond donors (Lipinski definition) is 5. The van der Waals surface area contributed by atoms with Crippen molar-refractivity contribution >= 4 is 0 Å². The minimum absolute atomic E-state index is 0. The molecule has 3 radical (unpaired) electrons. The molecule has 0 saturated heterocycles. The molecule has 10 rings (SSSR count). The first-order chi connectivity index (χ1) is 33.9. The summed E-state index contributed by atoms with van der Waals surface area (Å²) in [5, 5.41) is 48.1. The van der Waals surface area contributed by atoms with Gasteiger partial charge in [0.25, 0.3) is 0 Å². The van der Waals surface area contributed by atoms with Crippen LogP contribution in [-0.4, -0.2) is 50.5 Å². The molecular weight excluding hydrogens is 1550 g/mol. The molecule has 15 heteroatoms. The van der Waals surface area contributed by atoms with Gasteiger partial charge >= 0.3 is 0 Å². The third-order valence-corrected chi connectivity index (χ3v) is 10.3. The summed E-state index contributed by atoms with van der Waals surface area (Å²) in [5.41, 5.74) is 12.7. The third-order valence-electron chi connectivity index (χ3n) is 10.3. The van der Waals surface area contributed by atoms with Crippen molar-refractivity contribution in [2.75, 3.05) is 0 Å². The van der Waals surface area contributed by atoms with Gasteiger partial charge in [-0.15, -0.1) is 0 Å². The van der Waals surface area contributed by atoms with E-state index in [0.29, 0.717) is 0 Å². The molecule has 5 heterocycles. The van der Waals surface area contributed by atoms with Crippen LogP contribution >= 0.6 is 0 Å².